The number of aliphatic hydroxyl groups is 1. The first-order chi connectivity index (χ1) is 10.7. The SMILES string of the molecule is CC[NH+](CC)C[C@@H](O)COc1ccc(-c2ccccc2)cc1. The van der Waals surface area contributed by atoms with Crippen LogP contribution >= 0.6 is 0 Å². The predicted molar refractivity (Wildman–Crippen MR) is 90.3 cm³/mol. The molecule has 0 aliphatic heterocycles. The number of hydrogen-bond acceptors (Lipinski definition) is 2. The molecule has 0 saturated heterocycles. The molecule has 2 N–H and O–H groups in total. The summed E-state index contributed by atoms with van der Waals surface area (Å²) in [6, 6.07) is 18.3. The number of quaternary nitrogens is 1. The summed E-state index contributed by atoms with van der Waals surface area (Å²) in [6.07, 6.45) is -0.427. The van der Waals surface area contributed by atoms with E-state index in [1.54, 1.807) is 0 Å². The van der Waals surface area contributed by atoms with Crippen molar-refractivity contribution in [3.05, 3.63) is 54.6 Å². The van der Waals surface area contributed by atoms with E-state index in [4.69, 9.17) is 4.74 Å². The van der Waals surface area contributed by atoms with Crippen LogP contribution in [0.15, 0.2) is 54.6 Å². The van der Waals surface area contributed by atoms with Crippen molar-refractivity contribution in [2.75, 3.05) is 26.2 Å². The standard InChI is InChI=1S/C19H25NO2/c1-3-20(4-2)14-18(21)15-22-19-12-10-17(11-13-19)16-8-6-5-7-9-16/h5-13,18,21H,3-4,14-15H2,1-2H3/p+1/t18-/m1/s1. The maximum absolute atomic E-state index is 10.0. The van der Waals surface area contributed by atoms with Crippen LogP contribution in [0.5, 0.6) is 5.75 Å². The highest BCUT2D eigenvalue weighted by atomic mass is 16.5. The number of hydrogen-bond donors (Lipinski definition) is 2. The van der Waals surface area contributed by atoms with Crippen LogP contribution in [0.2, 0.25) is 0 Å². The minimum absolute atomic E-state index is 0.341. The second-order valence-electron chi connectivity index (χ2n) is 5.52. The first kappa shape index (κ1) is 16.5. The third kappa shape index (κ3) is 4.86. The number of aliphatic hydroxyl groups excluding tert-OH is 1. The summed E-state index contributed by atoms with van der Waals surface area (Å²) >= 11 is 0. The second-order valence-corrected chi connectivity index (χ2v) is 5.52. The van der Waals surface area contributed by atoms with Crippen molar-refractivity contribution >= 4 is 0 Å². The molecule has 0 amide bonds. The molecule has 1 atom stereocenters. The number of benzene rings is 2. The molecule has 2 rings (SSSR count). The largest absolute Gasteiger partial charge is 0.491 e. The zero-order chi connectivity index (χ0) is 15.8. The zero-order valence-electron chi connectivity index (χ0n) is 13.5. The Kier molecular flexibility index (Phi) is 6.44. The van der Waals surface area contributed by atoms with Gasteiger partial charge in [-0.2, -0.15) is 0 Å². The summed E-state index contributed by atoms with van der Waals surface area (Å²) in [5.41, 5.74) is 2.36. The van der Waals surface area contributed by atoms with Gasteiger partial charge in [0.1, 0.15) is 25.0 Å². The Morgan fingerprint density at radius 2 is 1.50 bits per heavy atom. The van der Waals surface area contributed by atoms with Gasteiger partial charge in [0.05, 0.1) is 13.1 Å². The molecule has 3 nitrogen and oxygen atoms in total. The van der Waals surface area contributed by atoms with Gasteiger partial charge in [-0.05, 0) is 37.1 Å². The normalized spacial score (nSPS) is 12.4. The van der Waals surface area contributed by atoms with Gasteiger partial charge in [0, 0.05) is 0 Å². The van der Waals surface area contributed by atoms with Gasteiger partial charge in [0.25, 0.3) is 0 Å². The molecule has 0 fully saturated rings. The molecule has 118 valence electrons. The topological polar surface area (TPSA) is 33.9 Å². The fraction of sp³-hybridized carbons (Fsp3) is 0.368. The van der Waals surface area contributed by atoms with Crippen molar-refractivity contribution in [3.63, 3.8) is 0 Å². The number of ether oxygens (including phenoxy) is 1. The van der Waals surface area contributed by atoms with E-state index < -0.39 is 6.10 Å². The molecule has 0 saturated carbocycles. The summed E-state index contributed by atoms with van der Waals surface area (Å²) in [6.45, 7) is 7.39. The lowest BCUT2D eigenvalue weighted by Gasteiger charge is -2.19. The molecular weight excluding hydrogens is 274 g/mol. The highest BCUT2D eigenvalue weighted by Gasteiger charge is 2.12. The molecule has 0 aliphatic carbocycles. The van der Waals surface area contributed by atoms with Crippen molar-refractivity contribution in [1.29, 1.82) is 0 Å². The molecule has 22 heavy (non-hydrogen) atoms. The van der Waals surface area contributed by atoms with E-state index in [1.165, 1.54) is 16.0 Å². The Hall–Kier alpha value is -1.84. The maximum atomic E-state index is 10.0. The molecular formula is C19H26NO2+. The minimum Gasteiger partial charge on any atom is -0.491 e. The van der Waals surface area contributed by atoms with Crippen LogP contribution in [0, 0.1) is 0 Å². The molecule has 0 aromatic heterocycles. The second kappa shape index (κ2) is 8.57. The van der Waals surface area contributed by atoms with Crippen LogP contribution < -0.4 is 9.64 Å². The number of likely N-dealkylation sites (N-methyl/N-ethyl adjacent to an activating group) is 1. The molecule has 0 heterocycles. The van der Waals surface area contributed by atoms with Crippen LogP contribution in [0.1, 0.15) is 13.8 Å². The van der Waals surface area contributed by atoms with Crippen LogP contribution in [-0.2, 0) is 0 Å². The van der Waals surface area contributed by atoms with Gasteiger partial charge >= 0.3 is 0 Å². The molecule has 2 aromatic carbocycles. The lowest BCUT2D eigenvalue weighted by Crippen LogP contribution is -3.12. The van der Waals surface area contributed by atoms with Crippen molar-refractivity contribution in [2.24, 2.45) is 0 Å². The van der Waals surface area contributed by atoms with E-state index in [0.717, 1.165) is 25.4 Å². The Bertz CT molecular complexity index is 535. The van der Waals surface area contributed by atoms with Crippen molar-refractivity contribution < 1.29 is 14.7 Å². The van der Waals surface area contributed by atoms with Crippen LogP contribution in [0.4, 0.5) is 0 Å². The Morgan fingerprint density at radius 3 is 2.09 bits per heavy atom. The van der Waals surface area contributed by atoms with Gasteiger partial charge in [0.15, 0.2) is 0 Å². The van der Waals surface area contributed by atoms with E-state index in [-0.39, 0.29) is 0 Å². The molecule has 0 bridgehead atoms. The summed E-state index contributed by atoms with van der Waals surface area (Å²) in [4.78, 5) is 1.38. The van der Waals surface area contributed by atoms with Crippen molar-refractivity contribution in [2.45, 2.75) is 20.0 Å². The van der Waals surface area contributed by atoms with E-state index in [9.17, 15) is 5.11 Å². The third-order valence-electron chi connectivity index (χ3n) is 3.93. The van der Waals surface area contributed by atoms with Crippen LogP contribution in [0.25, 0.3) is 11.1 Å². The van der Waals surface area contributed by atoms with Crippen LogP contribution in [-0.4, -0.2) is 37.5 Å². The van der Waals surface area contributed by atoms with Gasteiger partial charge in [-0.15, -0.1) is 0 Å². The van der Waals surface area contributed by atoms with E-state index in [2.05, 4.69) is 26.0 Å². The summed E-state index contributed by atoms with van der Waals surface area (Å²) < 4.78 is 5.69. The smallest absolute Gasteiger partial charge is 0.137 e. The lowest BCUT2D eigenvalue weighted by molar-refractivity contribution is -0.899. The zero-order valence-corrected chi connectivity index (χ0v) is 13.5. The fourth-order valence-corrected chi connectivity index (χ4v) is 2.50. The van der Waals surface area contributed by atoms with Crippen molar-refractivity contribution in [3.8, 4) is 16.9 Å². The highest BCUT2D eigenvalue weighted by molar-refractivity contribution is 5.63. The van der Waals surface area contributed by atoms with Gasteiger partial charge in [-0.1, -0.05) is 42.5 Å². The molecule has 0 unspecified atom stereocenters. The molecule has 0 spiro atoms. The summed E-state index contributed by atoms with van der Waals surface area (Å²) in [5.74, 6) is 0.799. The third-order valence-corrected chi connectivity index (χ3v) is 3.93. The molecule has 2 aromatic rings. The van der Waals surface area contributed by atoms with E-state index >= 15 is 0 Å². The molecule has 0 aliphatic rings. The Morgan fingerprint density at radius 1 is 0.909 bits per heavy atom. The number of rotatable bonds is 8. The predicted octanol–water partition coefficient (Wildman–Crippen LogP) is 2.02. The monoisotopic (exact) mass is 300 g/mol. The quantitative estimate of drug-likeness (QED) is 0.782. The first-order valence-corrected chi connectivity index (χ1v) is 8.02. The van der Waals surface area contributed by atoms with E-state index in [0.29, 0.717) is 6.61 Å². The van der Waals surface area contributed by atoms with Gasteiger partial charge < -0.3 is 14.7 Å². The van der Waals surface area contributed by atoms with Crippen LogP contribution in [0.3, 0.4) is 0 Å². The fourth-order valence-electron chi connectivity index (χ4n) is 2.50. The van der Waals surface area contributed by atoms with Crippen molar-refractivity contribution in [1.82, 2.24) is 0 Å². The minimum atomic E-state index is -0.427. The summed E-state index contributed by atoms with van der Waals surface area (Å²) in [5, 5.41) is 10.0. The molecule has 3 heteroatoms. The van der Waals surface area contributed by atoms with Gasteiger partial charge in [-0.25, -0.2) is 0 Å². The lowest BCUT2D eigenvalue weighted by atomic mass is 10.1. The maximum Gasteiger partial charge on any atom is 0.137 e. The average molecular weight is 300 g/mol. The number of nitrogens with one attached hydrogen (secondary N) is 1. The Balaban J connectivity index is 1.86. The van der Waals surface area contributed by atoms with E-state index in [1.807, 2.05) is 42.5 Å². The molecule has 0 radical (unpaired) electrons. The highest BCUT2D eigenvalue weighted by Crippen LogP contribution is 2.21. The Labute approximate surface area is 133 Å². The summed E-state index contributed by atoms with van der Waals surface area (Å²) in [7, 11) is 0. The van der Waals surface area contributed by atoms with Gasteiger partial charge in [0.2, 0.25) is 0 Å². The average Bonchev–Trinajstić information content (AvgIpc) is 2.59. The van der Waals surface area contributed by atoms with Gasteiger partial charge in [-0.3, -0.25) is 0 Å². The first-order valence-electron chi connectivity index (χ1n) is 8.02.